The maximum absolute atomic E-state index is 11.5. The minimum absolute atomic E-state index is 0.0156. The topological polar surface area (TPSA) is 117 Å². The molecular weight excluding hydrogens is 490 g/mol. The van der Waals surface area contributed by atoms with Crippen molar-refractivity contribution in [3.8, 4) is 11.3 Å². The molecule has 3 heterocycles. The van der Waals surface area contributed by atoms with Gasteiger partial charge in [-0.05, 0) is 71.6 Å². The molecule has 0 atom stereocenters. The van der Waals surface area contributed by atoms with Crippen molar-refractivity contribution in [2.45, 2.75) is 40.3 Å². The maximum atomic E-state index is 11.5. The molecule has 0 unspecified atom stereocenters. The van der Waals surface area contributed by atoms with Crippen LogP contribution in [0.15, 0.2) is 41.2 Å². The van der Waals surface area contributed by atoms with E-state index >= 15 is 0 Å². The molecule has 4 N–H and O–H groups in total. The van der Waals surface area contributed by atoms with Gasteiger partial charge in [-0.1, -0.05) is 12.1 Å². The fraction of sp³-hybridized carbons (Fsp3) is 0.400. The van der Waals surface area contributed by atoms with Crippen molar-refractivity contribution >= 4 is 24.0 Å². The van der Waals surface area contributed by atoms with E-state index in [4.69, 9.17) is 5.41 Å². The molecule has 1 fully saturated rings. The number of likely N-dealkylation sites (N-methyl/N-ethyl adjacent to an activating group) is 1. The number of carbonyl (C=O) groups excluding carboxylic acids is 1. The predicted molar refractivity (Wildman–Crippen MR) is 161 cm³/mol. The number of piperazine rings is 1. The first-order valence-corrected chi connectivity index (χ1v) is 13.3. The van der Waals surface area contributed by atoms with E-state index in [1.54, 1.807) is 6.07 Å². The van der Waals surface area contributed by atoms with Gasteiger partial charge in [0.2, 0.25) is 0 Å². The number of aldehydes is 1. The van der Waals surface area contributed by atoms with E-state index in [9.17, 15) is 9.59 Å². The molecule has 9 nitrogen and oxygen atoms in total. The zero-order valence-electron chi connectivity index (χ0n) is 23.9. The summed E-state index contributed by atoms with van der Waals surface area (Å²) in [6.45, 7) is 12.7. The molecule has 1 aliphatic heterocycles. The van der Waals surface area contributed by atoms with Crippen LogP contribution in [0.3, 0.4) is 0 Å². The molecule has 4 rings (SSSR count). The van der Waals surface area contributed by atoms with Gasteiger partial charge in [0.05, 0.1) is 5.69 Å². The molecule has 0 spiro atoms. The van der Waals surface area contributed by atoms with Crippen molar-refractivity contribution in [1.82, 2.24) is 20.2 Å². The number of nitrogens with zero attached hydrogens (tertiary/aromatic N) is 3. The standard InChI is InChI=1S/C21H27N5O.C9H14N2O/c1-15(2)23-21-19(13-22)17(14-27)12-20(24-21)16-4-6-18(7-5-16)26-10-8-25(3)9-11-26;1-6-4-7(2)11-9(12)8(6)5-10-3/h4-7,12-15,22H,8-11H2,1-3H3,(H,23,24);4,10H,5H2,1-3H3,(H,11,12). The number of hydrogen-bond donors (Lipinski definition) is 4. The fourth-order valence-corrected chi connectivity index (χ4v) is 4.54. The van der Waals surface area contributed by atoms with Crippen LogP contribution in [-0.4, -0.2) is 73.7 Å². The summed E-state index contributed by atoms with van der Waals surface area (Å²) in [5.41, 5.74) is 6.69. The maximum Gasteiger partial charge on any atom is 0.252 e. The van der Waals surface area contributed by atoms with Crippen molar-refractivity contribution in [3.63, 3.8) is 0 Å². The van der Waals surface area contributed by atoms with Crippen molar-refractivity contribution in [1.29, 1.82) is 5.41 Å². The summed E-state index contributed by atoms with van der Waals surface area (Å²) in [7, 11) is 3.98. The molecule has 3 aromatic rings. The van der Waals surface area contributed by atoms with E-state index in [0.717, 1.165) is 60.5 Å². The third-order valence-electron chi connectivity index (χ3n) is 6.67. The number of aryl methyl sites for hydroxylation is 2. The molecule has 2 aromatic heterocycles. The van der Waals surface area contributed by atoms with Gasteiger partial charge in [0, 0.05) is 78.6 Å². The van der Waals surface area contributed by atoms with Crippen LogP contribution in [0.4, 0.5) is 11.5 Å². The Balaban J connectivity index is 0.000000293. The lowest BCUT2D eigenvalue weighted by atomic mass is 10.0. The SMILES string of the molecule is CC(C)Nc1nc(-c2ccc(N3CCN(C)CC3)cc2)cc(C=O)c1C=N.CNCc1c(C)cc(C)[nH]c1=O. The second-order valence-corrected chi connectivity index (χ2v) is 10.2. The molecule has 0 saturated carbocycles. The summed E-state index contributed by atoms with van der Waals surface area (Å²) in [4.78, 5) is 35.0. The second-order valence-electron chi connectivity index (χ2n) is 10.2. The van der Waals surface area contributed by atoms with Crippen molar-refractivity contribution in [2.24, 2.45) is 0 Å². The summed E-state index contributed by atoms with van der Waals surface area (Å²) in [5, 5.41) is 13.8. The Morgan fingerprint density at radius 2 is 1.77 bits per heavy atom. The number of carbonyl (C=O) groups is 1. The lowest BCUT2D eigenvalue weighted by Crippen LogP contribution is -2.44. The number of anilines is 2. The highest BCUT2D eigenvalue weighted by atomic mass is 16.1. The molecule has 0 aliphatic carbocycles. The number of benzene rings is 1. The van der Waals surface area contributed by atoms with Gasteiger partial charge in [-0.3, -0.25) is 9.59 Å². The number of H-pyrrole nitrogens is 1. The summed E-state index contributed by atoms with van der Waals surface area (Å²) < 4.78 is 0. The Bertz CT molecular complexity index is 1320. The van der Waals surface area contributed by atoms with E-state index in [2.05, 4.69) is 49.6 Å². The largest absolute Gasteiger partial charge is 0.369 e. The molecule has 0 bridgehead atoms. The zero-order chi connectivity index (χ0) is 28.5. The first-order chi connectivity index (χ1) is 18.7. The van der Waals surface area contributed by atoms with Gasteiger partial charge in [0.15, 0.2) is 6.29 Å². The Hall–Kier alpha value is -3.82. The highest BCUT2D eigenvalue weighted by Crippen LogP contribution is 2.27. The number of aromatic amines is 1. The molecule has 39 heavy (non-hydrogen) atoms. The van der Waals surface area contributed by atoms with Crippen LogP contribution in [0.1, 0.15) is 46.6 Å². The Morgan fingerprint density at radius 3 is 2.31 bits per heavy atom. The average Bonchev–Trinajstić information content (AvgIpc) is 2.91. The summed E-state index contributed by atoms with van der Waals surface area (Å²) in [6.07, 6.45) is 1.97. The van der Waals surface area contributed by atoms with Gasteiger partial charge in [-0.2, -0.15) is 0 Å². The van der Waals surface area contributed by atoms with Gasteiger partial charge in [-0.25, -0.2) is 4.98 Å². The Morgan fingerprint density at radius 1 is 1.10 bits per heavy atom. The highest BCUT2D eigenvalue weighted by Gasteiger charge is 2.16. The van der Waals surface area contributed by atoms with Gasteiger partial charge in [-0.15, -0.1) is 0 Å². The second kappa shape index (κ2) is 13.8. The molecule has 9 heteroatoms. The fourth-order valence-electron chi connectivity index (χ4n) is 4.54. The van der Waals surface area contributed by atoms with E-state index in [-0.39, 0.29) is 11.6 Å². The lowest BCUT2D eigenvalue weighted by Gasteiger charge is -2.34. The molecule has 1 saturated heterocycles. The minimum atomic E-state index is 0.0156. The average molecular weight is 532 g/mol. The van der Waals surface area contributed by atoms with E-state index < -0.39 is 0 Å². The molecule has 0 radical (unpaired) electrons. The first kappa shape index (κ1) is 29.7. The molecule has 208 valence electrons. The van der Waals surface area contributed by atoms with Crippen molar-refractivity contribution in [3.05, 3.63) is 74.7 Å². The third-order valence-corrected chi connectivity index (χ3v) is 6.67. The number of nitrogens with one attached hydrogen (secondary N) is 4. The molecule has 1 aliphatic rings. The van der Waals surface area contributed by atoms with Gasteiger partial charge in [0.25, 0.3) is 5.56 Å². The minimum Gasteiger partial charge on any atom is -0.369 e. The monoisotopic (exact) mass is 531 g/mol. The van der Waals surface area contributed by atoms with Gasteiger partial charge < -0.3 is 30.8 Å². The first-order valence-electron chi connectivity index (χ1n) is 13.3. The van der Waals surface area contributed by atoms with E-state index in [0.29, 0.717) is 23.5 Å². The summed E-state index contributed by atoms with van der Waals surface area (Å²) in [5.74, 6) is 0.572. The predicted octanol–water partition coefficient (Wildman–Crippen LogP) is 3.84. The Labute approximate surface area is 231 Å². The smallest absolute Gasteiger partial charge is 0.252 e. The molecular formula is C30H41N7O2. The van der Waals surface area contributed by atoms with Crippen LogP contribution in [0.25, 0.3) is 11.3 Å². The number of rotatable bonds is 8. The van der Waals surface area contributed by atoms with E-state index in [1.807, 2.05) is 52.9 Å². The Kier molecular flexibility index (Phi) is 10.5. The number of pyridine rings is 2. The number of aromatic nitrogens is 2. The van der Waals surface area contributed by atoms with Crippen molar-refractivity contribution in [2.75, 3.05) is 50.5 Å². The molecule has 1 aromatic carbocycles. The number of hydrogen-bond acceptors (Lipinski definition) is 8. The van der Waals surface area contributed by atoms with Gasteiger partial charge >= 0.3 is 0 Å². The summed E-state index contributed by atoms with van der Waals surface area (Å²) in [6, 6.07) is 12.2. The van der Waals surface area contributed by atoms with Crippen LogP contribution in [0.5, 0.6) is 0 Å². The third kappa shape index (κ3) is 7.84. The van der Waals surface area contributed by atoms with E-state index in [1.165, 1.54) is 11.9 Å². The normalized spacial score (nSPS) is 13.6. The molecule has 0 amide bonds. The highest BCUT2D eigenvalue weighted by molar-refractivity contribution is 5.97. The van der Waals surface area contributed by atoms with Crippen LogP contribution in [-0.2, 0) is 6.54 Å². The van der Waals surface area contributed by atoms with Crippen LogP contribution in [0.2, 0.25) is 0 Å². The lowest BCUT2D eigenvalue weighted by molar-refractivity contribution is 0.112. The quantitative estimate of drug-likeness (QED) is 0.258. The zero-order valence-corrected chi connectivity index (χ0v) is 23.9. The van der Waals surface area contributed by atoms with Crippen molar-refractivity contribution < 1.29 is 4.79 Å². The van der Waals surface area contributed by atoms with Gasteiger partial charge in [0.1, 0.15) is 5.82 Å². The van der Waals surface area contributed by atoms with Crippen LogP contribution < -0.4 is 21.1 Å². The summed E-state index contributed by atoms with van der Waals surface area (Å²) >= 11 is 0. The van der Waals surface area contributed by atoms with Crippen LogP contribution in [0, 0.1) is 19.3 Å². The van der Waals surface area contributed by atoms with Crippen LogP contribution >= 0.6 is 0 Å².